The van der Waals surface area contributed by atoms with Gasteiger partial charge in [-0.05, 0) is 49.1 Å². The van der Waals surface area contributed by atoms with E-state index in [2.05, 4.69) is 20.4 Å². The van der Waals surface area contributed by atoms with E-state index in [0.29, 0.717) is 17.4 Å². The summed E-state index contributed by atoms with van der Waals surface area (Å²) in [5, 5.41) is 9.29. The zero-order chi connectivity index (χ0) is 22.5. The maximum Gasteiger partial charge on any atom is 0.336 e. The van der Waals surface area contributed by atoms with E-state index in [-0.39, 0.29) is 25.4 Å². The fourth-order valence-corrected chi connectivity index (χ4v) is 4.70. The number of carboxylic acid groups (broad SMARTS) is 1. The molecule has 31 heavy (non-hydrogen) atoms. The molecule has 3 rings (SSSR count). The summed E-state index contributed by atoms with van der Waals surface area (Å²) in [6.07, 6.45) is 5.88. The zero-order valence-corrected chi connectivity index (χ0v) is 18.3. The summed E-state index contributed by atoms with van der Waals surface area (Å²) in [6.45, 7) is 8.20. The van der Waals surface area contributed by atoms with Crippen LogP contribution < -0.4 is 0 Å². The van der Waals surface area contributed by atoms with Crippen LogP contribution in [0.5, 0.6) is 0 Å². The van der Waals surface area contributed by atoms with Crippen LogP contribution >= 0.6 is 0 Å². The number of ether oxygens (including phenoxy) is 2. The number of hydrogen-bond acceptors (Lipinski definition) is 6. The van der Waals surface area contributed by atoms with Crippen molar-refractivity contribution in [2.24, 2.45) is 11.8 Å². The number of hydrogen-bond donors (Lipinski definition) is 1. The van der Waals surface area contributed by atoms with E-state index in [4.69, 9.17) is 19.2 Å². The molecule has 0 amide bonds. The van der Waals surface area contributed by atoms with Gasteiger partial charge < -0.3 is 14.6 Å². The smallest absolute Gasteiger partial charge is 0.336 e. The normalized spacial score (nSPS) is 28.5. The monoisotopic (exact) mass is 432 g/mol. The number of benzene rings is 1. The molecule has 1 aromatic rings. The molecule has 1 aliphatic heterocycles. The summed E-state index contributed by atoms with van der Waals surface area (Å²) in [6, 6.07) is 6.58. The first-order valence-electron chi connectivity index (χ1n) is 10.9. The molecule has 2 fully saturated rings. The first-order chi connectivity index (χ1) is 14.9. The Bertz CT molecular complexity index is 797. The van der Waals surface area contributed by atoms with Crippen LogP contribution in [-0.2, 0) is 30.7 Å². The Morgan fingerprint density at radius 3 is 2.58 bits per heavy atom. The van der Waals surface area contributed by atoms with Gasteiger partial charge in [0, 0.05) is 6.08 Å². The summed E-state index contributed by atoms with van der Waals surface area (Å²) < 4.78 is 11.8. The molecular formula is C24H32O7. The minimum absolute atomic E-state index is 0.00974. The average Bonchev–Trinajstić information content (AvgIpc) is 2.79. The molecular weight excluding hydrogens is 400 g/mol. The molecule has 2 unspecified atom stereocenters. The highest BCUT2D eigenvalue weighted by Crippen LogP contribution is 2.52. The van der Waals surface area contributed by atoms with Crippen molar-refractivity contribution in [3.8, 4) is 0 Å². The Kier molecular flexibility index (Phi) is 7.51. The van der Waals surface area contributed by atoms with Crippen LogP contribution in [-0.4, -0.2) is 41.5 Å². The fraction of sp³-hybridized carbons (Fsp3) is 0.583. The van der Waals surface area contributed by atoms with Crippen molar-refractivity contribution in [1.29, 1.82) is 0 Å². The van der Waals surface area contributed by atoms with Crippen molar-refractivity contribution in [2.75, 3.05) is 13.2 Å². The van der Waals surface area contributed by atoms with Crippen molar-refractivity contribution in [3.05, 3.63) is 48.0 Å². The Labute approximate surface area is 183 Å². The second kappa shape index (κ2) is 9.94. The molecule has 1 N–H and O–H groups in total. The SMILES string of the molecule is C=CC(=O)OC1(COOCc2ccccc2C(=O)O)COC12CCC(C(C)CC)CC2. The Balaban J connectivity index is 1.64. The van der Waals surface area contributed by atoms with Gasteiger partial charge in [0.1, 0.15) is 18.8 Å². The predicted octanol–water partition coefficient (Wildman–Crippen LogP) is 4.31. The summed E-state index contributed by atoms with van der Waals surface area (Å²) >= 11 is 0. The highest BCUT2D eigenvalue weighted by atomic mass is 17.2. The second-order valence-corrected chi connectivity index (χ2v) is 8.61. The maximum atomic E-state index is 12.1. The highest BCUT2D eigenvalue weighted by molar-refractivity contribution is 5.89. The standard InChI is InChI=1S/C24H32O7/c1-4-17(3)18-10-12-23(13-11-18)24(15-28-23,31-21(25)5-2)16-30-29-14-19-8-6-7-9-20(19)22(26)27/h5-9,17-18H,2,4,10-16H2,1,3H3,(H,26,27). The largest absolute Gasteiger partial charge is 0.478 e. The van der Waals surface area contributed by atoms with Gasteiger partial charge in [0.2, 0.25) is 0 Å². The van der Waals surface area contributed by atoms with Gasteiger partial charge in [-0.3, -0.25) is 0 Å². The van der Waals surface area contributed by atoms with Gasteiger partial charge in [0.05, 0.1) is 12.2 Å². The lowest BCUT2D eigenvalue weighted by atomic mass is 9.64. The number of aromatic carboxylic acids is 1. The molecule has 1 spiro atoms. The number of carbonyl (C=O) groups is 2. The molecule has 1 aromatic carbocycles. The predicted molar refractivity (Wildman–Crippen MR) is 113 cm³/mol. The Morgan fingerprint density at radius 2 is 2.00 bits per heavy atom. The quantitative estimate of drug-likeness (QED) is 0.194. The summed E-state index contributed by atoms with van der Waals surface area (Å²) in [7, 11) is 0. The van der Waals surface area contributed by atoms with Crippen molar-refractivity contribution in [1.82, 2.24) is 0 Å². The molecule has 170 valence electrons. The summed E-state index contributed by atoms with van der Waals surface area (Å²) in [5.74, 6) is -0.264. The third kappa shape index (κ3) is 4.84. The van der Waals surface area contributed by atoms with Gasteiger partial charge in [-0.25, -0.2) is 19.4 Å². The maximum absolute atomic E-state index is 12.1. The van der Waals surface area contributed by atoms with Gasteiger partial charge in [-0.1, -0.05) is 45.0 Å². The van der Waals surface area contributed by atoms with Crippen molar-refractivity contribution < 1.29 is 33.9 Å². The van der Waals surface area contributed by atoms with E-state index < -0.39 is 23.1 Å². The first-order valence-corrected chi connectivity index (χ1v) is 10.9. The molecule has 2 aliphatic rings. The molecule has 0 radical (unpaired) electrons. The minimum Gasteiger partial charge on any atom is -0.478 e. The molecule has 1 saturated carbocycles. The van der Waals surface area contributed by atoms with E-state index >= 15 is 0 Å². The van der Waals surface area contributed by atoms with Crippen molar-refractivity contribution >= 4 is 11.9 Å². The first kappa shape index (κ1) is 23.4. The van der Waals surface area contributed by atoms with E-state index in [1.54, 1.807) is 18.2 Å². The topological polar surface area (TPSA) is 91.3 Å². The van der Waals surface area contributed by atoms with Crippen LogP contribution in [0.3, 0.4) is 0 Å². The van der Waals surface area contributed by atoms with E-state index in [1.165, 1.54) is 6.07 Å². The Hall–Kier alpha value is -2.22. The van der Waals surface area contributed by atoms with E-state index in [9.17, 15) is 14.7 Å². The molecule has 0 bridgehead atoms. The van der Waals surface area contributed by atoms with Crippen LogP contribution in [0.25, 0.3) is 0 Å². The fourth-order valence-electron chi connectivity index (χ4n) is 4.70. The third-order valence-electron chi connectivity index (χ3n) is 7.00. The van der Waals surface area contributed by atoms with Gasteiger partial charge in [-0.2, -0.15) is 0 Å². The van der Waals surface area contributed by atoms with Gasteiger partial charge in [-0.15, -0.1) is 0 Å². The number of carboxylic acids is 1. The second-order valence-electron chi connectivity index (χ2n) is 8.61. The van der Waals surface area contributed by atoms with Crippen molar-refractivity contribution in [3.63, 3.8) is 0 Å². The number of esters is 1. The Morgan fingerprint density at radius 1 is 1.29 bits per heavy atom. The lowest BCUT2D eigenvalue weighted by molar-refractivity contribution is -0.388. The van der Waals surface area contributed by atoms with Crippen LogP contribution in [0.4, 0.5) is 0 Å². The summed E-state index contributed by atoms with van der Waals surface area (Å²) in [4.78, 5) is 34.2. The number of carbonyl (C=O) groups excluding carboxylic acids is 1. The van der Waals surface area contributed by atoms with Gasteiger partial charge in [0.25, 0.3) is 0 Å². The molecule has 7 nitrogen and oxygen atoms in total. The van der Waals surface area contributed by atoms with Gasteiger partial charge in [0.15, 0.2) is 5.60 Å². The van der Waals surface area contributed by atoms with Crippen LogP contribution in [0.2, 0.25) is 0 Å². The zero-order valence-electron chi connectivity index (χ0n) is 18.3. The molecule has 7 heteroatoms. The van der Waals surface area contributed by atoms with Gasteiger partial charge >= 0.3 is 11.9 Å². The minimum atomic E-state index is -1.03. The van der Waals surface area contributed by atoms with E-state index in [1.807, 2.05) is 0 Å². The third-order valence-corrected chi connectivity index (χ3v) is 7.00. The van der Waals surface area contributed by atoms with E-state index in [0.717, 1.165) is 38.2 Å². The molecule has 1 saturated heterocycles. The average molecular weight is 433 g/mol. The lowest BCUT2D eigenvalue weighted by Crippen LogP contribution is -2.73. The van der Waals surface area contributed by atoms with Crippen molar-refractivity contribution in [2.45, 2.75) is 63.8 Å². The molecule has 2 atom stereocenters. The lowest BCUT2D eigenvalue weighted by Gasteiger charge is -2.59. The van der Waals surface area contributed by atoms with Crippen LogP contribution in [0.15, 0.2) is 36.9 Å². The molecule has 1 heterocycles. The van der Waals surface area contributed by atoms with Crippen LogP contribution in [0, 0.1) is 11.8 Å². The summed E-state index contributed by atoms with van der Waals surface area (Å²) in [5.41, 5.74) is -0.866. The number of rotatable bonds is 10. The molecule has 0 aromatic heterocycles. The van der Waals surface area contributed by atoms with Crippen LogP contribution in [0.1, 0.15) is 61.9 Å². The molecule has 1 aliphatic carbocycles. The highest BCUT2D eigenvalue weighted by Gasteiger charge is 2.65.